The summed E-state index contributed by atoms with van der Waals surface area (Å²) in [6.45, 7) is 1.71. The van der Waals surface area contributed by atoms with Crippen LogP contribution in [0.25, 0.3) is 0 Å². The van der Waals surface area contributed by atoms with E-state index in [1.165, 1.54) is 36.4 Å². The zero-order valence-electron chi connectivity index (χ0n) is 20.2. The number of nitriles is 1. The highest BCUT2D eigenvalue weighted by atomic mass is 79.9. The minimum absolute atomic E-state index is 0.0765. The number of carbonyl (C=O) groups excluding carboxylic acids is 2. The summed E-state index contributed by atoms with van der Waals surface area (Å²) in [6, 6.07) is 14.0. The molecule has 1 saturated heterocycles. The van der Waals surface area contributed by atoms with Crippen molar-refractivity contribution in [1.29, 1.82) is 5.26 Å². The smallest absolute Gasteiger partial charge is 0.251 e. The number of likely N-dealkylation sites (tertiary alicyclic amines) is 1. The van der Waals surface area contributed by atoms with Crippen molar-refractivity contribution < 1.29 is 18.7 Å². The van der Waals surface area contributed by atoms with Gasteiger partial charge in [0.2, 0.25) is 5.91 Å². The first-order valence-corrected chi connectivity index (χ1v) is 13.1. The molecule has 1 fully saturated rings. The van der Waals surface area contributed by atoms with Gasteiger partial charge >= 0.3 is 0 Å². The molecule has 7 nitrogen and oxygen atoms in total. The van der Waals surface area contributed by atoms with Gasteiger partial charge in [-0.15, -0.1) is 0 Å². The number of benzene rings is 3. The summed E-state index contributed by atoms with van der Waals surface area (Å²) in [6.07, 6.45) is 0.575. The largest absolute Gasteiger partial charge is 0.453 e. The highest BCUT2D eigenvalue weighted by Gasteiger charge is 2.22. The van der Waals surface area contributed by atoms with Crippen LogP contribution in [0.1, 0.15) is 27.9 Å². The Labute approximate surface area is 237 Å². The first kappa shape index (κ1) is 27.9. The normalized spacial score (nSPS) is 15.1. The molecule has 1 aliphatic heterocycles. The molecule has 0 bridgehead atoms. The van der Waals surface area contributed by atoms with Gasteiger partial charge in [-0.2, -0.15) is 5.26 Å². The zero-order valence-corrected chi connectivity index (χ0v) is 23.3. The van der Waals surface area contributed by atoms with E-state index in [-0.39, 0.29) is 51.0 Å². The van der Waals surface area contributed by atoms with E-state index < -0.39 is 11.7 Å². The number of likely N-dealkylation sites (N-methyl/N-ethyl adjacent to an activating group) is 1. The summed E-state index contributed by atoms with van der Waals surface area (Å²) in [5.74, 6) is -1.48. The van der Waals surface area contributed by atoms with Gasteiger partial charge in [0.15, 0.2) is 11.6 Å². The standard InChI is InChI=1S/C27H22BrCl2FN4O3/c1-35-7-6-19(14-35)33-27(37)17-3-5-23(22(30)10-17)34-24(36)11-16-2-4-21(28)26(25(16)31)38-20-9-15(13-32)8-18(29)12-20/h2-5,8-10,12,19H,6-7,11,14H2,1H3,(H,33,37)(H,34,36). The van der Waals surface area contributed by atoms with Crippen LogP contribution in [0.15, 0.2) is 53.0 Å². The Kier molecular flexibility index (Phi) is 8.90. The average molecular weight is 620 g/mol. The van der Waals surface area contributed by atoms with Gasteiger partial charge in [0.05, 0.1) is 33.2 Å². The second kappa shape index (κ2) is 12.1. The second-order valence-electron chi connectivity index (χ2n) is 8.88. The summed E-state index contributed by atoms with van der Waals surface area (Å²) < 4.78 is 21.3. The maximum atomic E-state index is 15.3. The monoisotopic (exact) mass is 618 g/mol. The molecule has 2 N–H and O–H groups in total. The van der Waals surface area contributed by atoms with Crippen molar-refractivity contribution in [3.63, 3.8) is 0 Å². The van der Waals surface area contributed by atoms with E-state index in [1.807, 2.05) is 13.1 Å². The predicted molar refractivity (Wildman–Crippen MR) is 147 cm³/mol. The van der Waals surface area contributed by atoms with E-state index in [0.29, 0.717) is 15.7 Å². The fraction of sp³-hybridized carbons (Fsp3) is 0.222. The first-order valence-electron chi connectivity index (χ1n) is 11.6. The van der Waals surface area contributed by atoms with E-state index in [4.69, 9.17) is 33.2 Å². The van der Waals surface area contributed by atoms with E-state index in [1.54, 1.807) is 12.1 Å². The highest BCUT2D eigenvalue weighted by molar-refractivity contribution is 9.10. The lowest BCUT2D eigenvalue weighted by Gasteiger charge is -2.14. The maximum absolute atomic E-state index is 15.3. The van der Waals surface area contributed by atoms with Crippen LogP contribution in [0.4, 0.5) is 10.1 Å². The fourth-order valence-electron chi connectivity index (χ4n) is 4.05. The predicted octanol–water partition coefficient (Wildman–Crippen LogP) is 6.17. The quantitative estimate of drug-likeness (QED) is 0.330. The van der Waals surface area contributed by atoms with Gasteiger partial charge in [-0.05, 0) is 78.4 Å². The van der Waals surface area contributed by atoms with E-state index in [2.05, 4.69) is 31.5 Å². The van der Waals surface area contributed by atoms with Crippen molar-refractivity contribution in [2.45, 2.75) is 18.9 Å². The third-order valence-corrected chi connectivity index (χ3v) is 7.09. The number of nitrogens with zero attached hydrogens (tertiary/aromatic N) is 2. The van der Waals surface area contributed by atoms with E-state index in [0.717, 1.165) is 19.5 Å². The van der Waals surface area contributed by atoms with Crippen LogP contribution in [0.5, 0.6) is 11.5 Å². The van der Waals surface area contributed by atoms with Crippen LogP contribution in [0, 0.1) is 17.1 Å². The van der Waals surface area contributed by atoms with Gasteiger partial charge in [0, 0.05) is 28.7 Å². The summed E-state index contributed by atoms with van der Waals surface area (Å²) >= 11 is 15.6. The minimum atomic E-state index is -0.747. The number of nitrogens with one attached hydrogen (secondary N) is 2. The summed E-state index contributed by atoms with van der Waals surface area (Å²) in [4.78, 5) is 27.4. The van der Waals surface area contributed by atoms with Crippen molar-refractivity contribution in [1.82, 2.24) is 10.2 Å². The molecule has 4 rings (SSSR count). The van der Waals surface area contributed by atoms with Crippen molar-refractivity contribution >= 4 is 56.6 Å². The summed E-state index contributed by atoms with van der Waals surface area (Å²) in [5.41, 5.74) is 1.01. The molecule has 0 aliphatic carbocycles. The minimum Gasteiger partial charge on any atom is -0.453 e. The Hall–Kier alpha value is -3.16. The Morgan fingerprint density at radius 3 is 2.68 bits per heavy atom. The van der Waals surface area contributed by atoms with Crippen molar-refractivity contribution in [3.05, 3.63) is 85.6 Å². The number of halogens is 4. The maximum Gasteiger partial charge on any atom is 0.251 e. The number of anilines is 1. The molecule has 0 radical (unpaired) electrons. The van der Waals surface area contributed by atoms with Crippen LogP contribution in [0.2, 0.25) is 10.0 Å². The van der Waals surface area contributed by atoms with Crippen molar-refractivity contribution in [3.8, 4) is 17.6 Å². The molecular weight excluding hydrogens is 598 g/mol. The zero-order chi connectivity index (χ0) is 27.4. The molecule has 38 heavy (non-hydrogen) atoms. The van der Waals surface area contributed by atoms with Gasteiger partial charge in [0.1, 0.15) is 5.75 Å². The molecule has 1 atom stereocenters. The molecule has 3 aromatic carbocycles. The third kappa shape index (κ3) is 6.83. The van der Waals surface area contributed by atoms with Gasteiger partial charge in [0.25, 0.3) is 5.91 Å². The van der Waals surface area contributed by atoms with E-state index in [9.17, 15) is 9.59 Å². The molecule has 0 aromatic heterocycles. The molecule has 3 aromatic rings. The Morgan fingerprint density at radius 2 is 2.00 bits per heavy atom. The summed E-state index contributed by atoms with van der Waals surface area (Å²) in [5, 5.41) is 15.2. The van der Waals surface area contributed by atoms with Crippen LogP contribution < -0.4 is 15.4 Å². The number of rotatable bonds is 7. The number of carbonyl (C=O) groups is 2. The molecule has 2 amide bonds. The van der Waals surface area contributed by atoms with Gasteiger partial charge in [-0.1, -0.05) is 29.3 Å². The first-order chi connectivity index (χ1) is 18.1. The number of hydrogen-bond donors (Lipinski definition) is 2. The van der Waals surface area contributed by atoms with Gasteiger partial charge in [-0.25, -0.2) is 4.39 Å². The van der Waals surface area contributed by atoms with Crippen molar-refractivity contribution in [2.75, 3.05) is 25.5 Å². The molecule has 0 spiro atoms. The Bertz CT molecular complexity index is 1450. The van der Waals surface area contributed by atoms with E-state index >= 15 is 4.39 Å². The molecule has 196 valence electrons. The molecule has 0 saturated carbocycles. The second-order valence-corrected chi connectivity index (χ2v) is 10.6. The molecule has 1 aliphatic rings. The van der Waals surface area contributed by atoms with Crippen LogP contribution in [-0.4, -0.2) is 42.9 Å². The Balaban J connectivity index is 1.44. The lowest BCUT2D eigenvalue weighted by molar-refractivity contribution is -0.115. The fourth-order valence-corrected chi connectivity index (χ4v) is 4.89. The number of amides is 2. The lowest BCUT2D eigenvalue weighted by Crippen LogP contribution is -2.36. The molecule has 1 heterocycles. The van der Waals surface area contributed by atoms with Crippen LogP contribution >= 0.6 is 39.1 Å². The highest BCUT2D eigenvalue weighted by Crippen LogP contribution is 2.36. The number of hydrogen-bond acceptors (Lipinski definition) is 5. The molecule has 1 unspecified atom stereocenters. The SMILES string of the molecule is CN1CCC(NC(=O)c2ccc(NC(=O)Cc3ccc(Br)c(Oc4cc(Cl)cc(C#N)c4)c3F)c(Cl)c2)C1. The van der Waals surface area contributed by atoms with Crippen LogP contribution in [0.3, 0.4) is 0 Å². The topological polar surface area (TPSA) is 94.5 Å². The molecule has 11 heteroatoms. The number of ether oxygens (including phenoxy) is 1. The average Bonchev–Trinajstić information content (AvgIpc) is 3.28. The lowest BCUT2D eigenvalue weighted by atomic mass is 10.1. The third-order valence-electron chi connectivity index (χ3n) is 5.93. The molecular formula is C27H22BrCl2FN4O3. The van der Waals surface area contributed by atoms with Crippen molar-refractivity contribution in [2.24, 2.45) is 0 Å². The van der Waals surface area contributed by atoms with Crippen LogP contribution in [-0.2, 0) is 11.2 Å². The Morgan fingerprint density at radius 1 is 1.21 bits per heavy atom. The van der Waals surface area contributed by atoms with Gasteiger partial charge < -0.3 is 20.3 Å². The summed E-state index contributed by atoms with van der Waals surface area (Å²) in [7, 11) is 2.00. The van der Waals surface area contributed by atoms with Gasteiger partial charge in [-0.3, -0.25) is 9.59 Å².